The Balaban J connectivity index is 2.13. The standard InChI is InChI=1S/C18H28F2N2O3/c1-25-18(24)6-4-2-3-5-7-22-12-17(23)16(21)10-13-8-14(19)11-15(20)9-13/h8-9,11,16-17,22-23H,2-7,10,12,21H2,1H3/t16-,17+/m0/s1. The summed E-state index contributed by atoms with van der Waals surface area (Å²) in [6.07, 6.45) is 3.51. The molecule has 0 amide bonds. The summed E-state index contributed by atoms with van der Waals surface area (Å²) in [4.78, 5) is 10.9. The summed E-state index contributed by atoms with van der Waals surface area (Å²) in [7, 11) is 1.38. The van der Waals surface area contributed by atoms with Gasteiger partial charge in [-0.2, -0.15) is 0 Å². The van der Waals surface area contributed by atoms with E-state index in [9.17, 15) is 18.7 Å². The minimum Gasteiger partial charge on any atom is -0.469 e. The van der Waals surface area contributed by atoms with Crippen LogP contribution in [0.1, 0.15) is 37.7 Å². The summed E-state index contributed by atoms with van der Waals surface area (Å²) in [5.74, 6) is -1.49. The van der Waals surface area contributed by atoms with Crippen LogP contribution in [0.5, 0.6) is 0 Å². The number of nitrogens with two attached hydrogens (primary N) is 1. The van der Waals surface area contributed by atoms with Gasteiger partial charge in [-0.3, -0.25) is 4.79 Å². The van der Waals surface area contributed by atoms with E-state index in [1.165, 1.54) is 19.2 Å². The molecule has 25 heavy (non-hydrogen) atoms. The molecule has 0 saturated carbocycles. The highest BCUT2D eigenvalue weighted by molar-refractivity contribution is 5.68. The molecule has 1 aromatic rings. The third kappa shape index (κ3) is 9.48. The molecule has 1 aromatic carbocycles. The molecule has 0 aliphatic rings. The lowest BCUT2D eigenvalue weighted by molar-refractivity contribution is -0.140. The van der Waals surface area contributed by atoms with Crippen molar-refractivity contribution < 1.29 is 23.4 Å². The van der Waals surface area contributed by atoms with Gasteiger partial charge < -0.3 is 20.9 Å². The van der Waals surface area contributed by atoms with Gasteiger partial charge in [-0.05, 0) is 43.5 Å². The average Bonchev–Trinajstić information content (AvgIpc) is 2.55. The van der Waals surface area contributed by atoms with Gasteiger partial charge in [0.1, 0.15) is 11.6 Å². The minimum atomic E-state index is -0.800. The number of aliphatic hydroxyl groups is 1. The second-order valence-corrected chi connectivity index (χ2v) is 6.16. The highest BCUT2D eigenvalue weighted by atomic mass is 19.1. The number of hydrogen-bond acceptors (Lipinski definition) is 5. The van der Waals surface area contributed by atoms with Crippen LogP contribution in [0.4, 0.5) is 8.78 Å². The van der Waals surface area contributed by atoms with E-state index in [4.69, 9.17) is 5.73 Å². The summed E-state index contributed by atoms with van der Waals surface area (Å²) < 4.78 is 30.8. The quantitative estimate of drug-likeness (QED) is 0.393. The van der Waals surface area contributed by atoms with Gasteiger partial charge in [0.25, 0.3) is 0 Å². The fourth-order valence-electron chi connectivity index (χ4n) is 2.51. The Bertz CT molecular complexity index is 509. The van der Waals surface area contributed by atoms with Crippen LogP contribution in [0.25, 0.3) is 0 Å². The zero-order valence-corrected chi connectivity index (χ0v) is 14.6. The van der Waals surface area contributed by atoms with Crippen molar-refractivity contribution in [1.29, 1.82) is 0 Å². The predicted octanol–water partition coefficient (Wildman–Crippen LogP) is 1.91. The first kappa shape index (κ1) is 21.5. The molecule has 0 fully saturated rings. The average molecular weight is 358 g/mol. The van der Waals surface area contributed by atoms with Crippen molar-refractivity contribution in [2.75, 3.05) is 20.2 Å². The van der Waals surface area contributed by atoms with Crippen molar-refractivity contribution in [3.05, 3.63) is 35.4 Å². The monoisotopic (exact) mass is 358 g/mol. The Morgan fingerprint density at radius 1 is 1.20 bits per heavy atom. The molecule has 0 radical (unpaired) electrons. The molecule has 0 saturated heterocycles. The van der Waals surface area contributed by atoms with Crippen LogP contribution in [0.3, 0.4) is 0 Å². The maximum absolute atomic E-state index is 13.1. The predicted molar refractivity (Wildman–Crippen MR) is 92.0 cm³/mol. The molecule has 0 aliphatic heterocycles. The smallest absolute Gasteiger partial charge is 0.305 e. The number of esters is 1. The Kier molecular flexibility index (Phi) is 10.2. The van der Waals surface area contributed by atoms with E-state index < -0.39 is 23.8 Å². The lowest BCUT2D eigenvalue weighted by atomic mass is 10.0. The number of benzene rings is 1. The summed E-state index contributed by atoms with van der Waals surface area (Å²) in [6.45, 7) is 1.05. The van der Waals surface area contributed by atoms with Gasteiger partial charge in [0.05, 0.1) is 13.2 Å². The molecule has 0 aromatic heterocycles. The molecule has 2 atom stereocenters. The van der Waals surface area contributed by atoms with Crippen molar-refractivity contribution in [3.8, 4) is 0 Å². The molecule has 7 heteroatoms. The maximum atomic E-state index is 13.1. The number of hydrogen-bond donors (Lipinski definition) is 3. The molecular weight excluding hydrogens is 330 g/mol. The number of ether oxygens (including phenoxy) is 1. The van der Waals surface area contributed by atoms with E-state index in [1.807, 2.05) is 0 Å². The van der Waals surface area contributed by atoms with Crippen LogP contribution in [0.15, 0.2) is 18.2 Å². The van der Waals surface area contributed by atoms with E-state index in [0.29, 0.717) is 18.5 Å². The highest BCUT2D eigenvalue weighted by Crippen LogP contribution is 2.11. The van der Waals surface area contributed by atoms with E-state index >= 15 is 0 Å². The third-order valence-corrected chi connectivity index (χ3v) is 3.95. The van der Waals surface area contributed by atoms with E-state index in [2.05, 4.69) is 10.1 Å². The second kappa shape index (κ2) is 11.9. The Labute approximate surface area is 147 Å². The van der Waals surface area contributed by atoms with E-state index in [0.717, 1.165) is 38.3 Å². The molecular formula is C18H28F2N2O3. The van der Waals surface area contributed by atoms with E-state index in [-0.39, 0.29) is 12.4 Å². The van der Waals surface area contributed by atoms with Crippen molar-refractivity contribution in [1.82, 2.24) is 5.32 Å². The Hall–Kier alpha value is -1.57. The summed E-state index contributed by atoms with van der Waals surface area (Å²) >= 11 is 0. The lowest BCUT2D eigenvalue weighted by Gasteiger charge is -2.19. The van der Waals surface area contributed by atoms with Gasteiger partial charge in [0, 0.05) is 25.1 Å². The van der Waals surface area contributed by atoms with E-state index in [1.54, 1.807) is 0 Å². The first-order valence-electron chi connectivity index (χ1n) is 8.58. The van der Waals surface area contributed by atoms with Crippen molar-refractivity contribution in [2.24, 2.45) is 5.73 Å². The first-order valence-corrected chi connectivity index (χ1v) is 8.58. The van der Waals surface area contributed by atoms with Crippen LogP contribution in [0.2, 0.25) is 0 Å². The van der Waals surface area contributed by atoms with Crippen LogP contribution < -0.4 is 11.1 Å². The number of halogens is 2. The Morgan fingerprint density at radius 3 is 2.48 bits per heavy atom. The molecule has 0 heterocycles. The van der Waals surface area contributed by atoms with Gasteiger partial charge in [0.15, 0.2) is 0 Å². The van der Waals surface area contributed by atoms with Gasteiger partial charge in [-0.25, -0.2) is 8.78 Å². The van der Waals surface area contributed by atoms with Crippen LogP contribution in [-0.2, 0) is 16.0 Å². The zero-order chi connectivity index (χ0) is 18.7. The van der Waals surface area contributed by atoms with Crippen molar-refractivity contribution in [3.63, 3.8) is 0 Å². The molecule has 0 aliphatic carbocycles. The lowest BCUT2D eigenvalue weighted by Crippen LogP contribution is -2.43. The largest absolute Gasteiger partial charge is 0.469 e. The number of nitrogens with one attached hydrogen (secondary N) is 1. The number of rotatable bonds is 12. The Morgan fingerprint density at radius 2 is 1.84 bits per heavy atom. The van der Waals surface area contributed by atoms with Crippen LogP contribution in [-0.4, -0.2) is 43.4 Å². The van der Waals surface area contributed by atoms with Crippen LogP contribution >= 0.6 is 0 Å². The first-order chi connectivity index (χ1) is 11.9. The summed E-state index contributed by atoms with van der Waals surface area (Å²) in [6, 6.07) is 2.64. The minimum absolute atomic E-state index is 0.187. The van der Waals surface area contributed by atoms with Crippen LogP contribution in [0, 0.1) is 11.6 Å². The molecule has 4 N–H and O–H groups in total. The van der Waals surface area contributed by atoms with Gasteiger partial charge in [0.2, 0.25) is 0 Å². The van der Waals surface area contributed by atoms with Gasteiger partial charge in [-0.1, -0.05) is 12.8 Å². The number of unbranched alkanes of at least 4 members (excludes halogenated alkanes) is 3. The number of aliphatic hydroxyl groups excluding tert-OH is 1. The highest BCUT2D eigenvalue weighted by Gasteiger charge is 2.15. The molecule has 142 valence electrons. The molecule has 5 nitrogen and oxygen atoms in total. The van der Waals surface area contributed by atoms with Gasteiger partial charge in [-0.15, -0.1) is 0 Å². The SMILES string of the molecule is COC(=O)CCCCCCNC[C@@H](O)[C@@H](N)Cc1cc(F)cc(F)c1. The molecule has 0 unspecified atom stereocenters. The third-order valence-electron chi connectivity index (χ3n) is 3.95. The second-order valence-electron chi connectivity index (χ2n) is 6.16. The van der Waals surface area contributed by atoms with Crippen molar-refractivity contribution in [2.45, 2.75) is 50.7 Å². The number of carbonyl (C=O) groups excluding carboxylic acids is 1. The molecule has 0 bridgehead atoms. The fourth-order valence-corrected chi connectivity index (χ4v) is 2.51. The summed E-state index contributed by atoms with van der Waals surface area (Å²) in [5, 5.41) is 13.1. The maximum Gasteiger partial charge on any atom is 0.305 e. The topological polar surface area (TPSA) is 84.6 Å². The fraction of sp³-hybridized carbons (Fsp3) is 0.611. The molecule has 1 rings (SSSR count). The van der Waals surface area contributed by atoms with Crippen molar-refractivity contribution >= 4 is 5.97 Å². The molecule has 0 spiro atoms. The van der Waals surface area contributed by atoms with Gasteiger partial charge >= 0.3 is 5.97 Å². The summed E-state index contributed by atoms with van der Waals surface area (Å²) in [5.41, 5.74) is 6.32. The zero-order valence-electron chi connectivity index (χ0n) is 14.6. The number of methoxy groups -OCH3 is 1. The normalized spacial score (nSPS) is 13.5. The number of carbonyl (C=O) groups is 1.